The van der Waals surface area contributed by atoms with Gasteiger partial charge in [0.05, 0.1) is 10.6 Å². The molecule has 0 aromatic heterocycles. The van der Waals surface area contributed by atoms with Crippen molar-refractivity contribution < 1.29 is 8.42 Å². The molecule has 0 amide bonds. The van der Waals surface area contributed by atoms with Crippen molar-refractivity contribution in [1.29, 1.82) is 0 Å². The Bertz CT molecular complexity index is 878. The minimum absolute atomic E-state index is 0.131. The number of rotatable bonds is 7. The summed E-state index contributed by atoms with van der Waals surface area (Å²) >= 11 is 0. The largest absolute Gasteiger partial charge is 0.356 e. The lowest BCUT2D eigenvalue weighted by Crippen LogP contribution is -2.52. The lowest BCUT2D eigenvalue weighted by atomic mass is 10.2. The standard InChI is InChI=1S/C22H30N4O2S/c1-23-22(24-13-8-18-29(27,28)21-11-6-3-7-12-21)26-16-14-25(15-17-26)19-20-9-4-2-5-10-20/h2-7,9-12H,8,13-19H2,1H3,(H,23,24). The van der Waals surface area contributed by atoms with Gasteiger partial charge in [0.25, 0.3) is 0 Å². The van der Waals surface area contributed by atoms with Crippen molar-refractivity contribution in [2.75, 3.05) is 45.5 Å². The van der Waals surface area contributed by atoms with Gasteiger partial charge in [0.15, 0.2) is 15.8 Å². The molecule has 1 heterocycles. The van der Waals surface area contributed by atoms with Gasteiger partial charge in [0.2, 0.25) is 0 Å². The summed E-state index contributed by atoms with van der Waals surface area (Å²) in [5.41, 5.74) is 1.34. The molecule has 3 rings (SSSR count). The highest BCUT2D eigenvalue weighted by molar-refractivity contribution is 7.91. The number of sulfone groups is 1. The van der Waals surface area contributed by atoms with Gasteiger partial charge >= 0.3 is 0 Å². The number of nitrogens with one attached hydrogen (secondary N) is 1. The summed E-state index contributed by atoms with van der Waals surface area (Å²) in [6.45, 7) is 5.35. The molecule has 0 atom stereocenters. The van der Waals surface area contributed by atoms with Crippen LogP contribution in [0.2, 0.25) is 0 Å². The first-order chi connectivity index (χ1) is 14.1. The van der Waals surface area contributed by atoms with Crippen LogP contribution in [0.25, 0.3) is 0 Å². The van der Waals surface area contributed by atoms with Crippen molar-refractivity contribution in [1.82, 2.24) is 15.1 Å². The summed E-state index contributed by atoms with van der Waals surface area (Å²) in [7, 11) is -1.45. The number of aliphatic imine (C=N–C) groups is 1. The molecule has 1 fully saturated rings. The SMILES string of the molecule is CN=C(NCCCS(=O)(=O)c1ccccc1)N1CCN(Cc2ccccc2)CC1. The van der Waals surface area contributed by atoms with Crippen LogP contribution in [0.5, 0.6) is 0 Å². The van der Waals surface area contributed by atoms with Gasteiger partial charge in [-0.05, 0) is 24.1 Å². The third-order valence-corrected chi connectivity index (χ3v) is 6.92. The first-order valence-electron chi connectivity index (χ1n) is 10.1. The van der Waals surface area contributed by atoms with Crippen LogP contribution in [-0.2, 0) is 16.4 Å². The maximum atomic E-state index is 12.4. The average Bonchev–Trinajstić information content (AvgIpc) is 2.76. The monoisotopic (exact) mass is 414 g/mol. The average molecular weight is 415 g/mol. The molecule has 0 bridgehead atoms. The summed E-state index contributed by atoms with van der Waals surface area (Å²) in [5, 5.41) is 3.32. The highest BCUT2D eigenvalue weighted by Gasteiger charge is 2.20. The fourth-order valence-corrected chi connectivity index (χ4v) is 4.83. The maximum absolute atomic E-state index is 12.4. The van der Waals surface area contributed by atoms with Gasteiger partial charge in [0.1, 0.15) is 0 Å². The molecule has 1 aliphatic heterocycles. The van der Waals surface area contributed by atoms with E-state index in [-0.39, 0.29) is 5.75 Å². The van der Waals surface area contributed by atoms with Crippen LogP contribution in [0.15, 0.2) is 70.6 Å². The number of guanidine groups is 1. The zero-order chi connectivity index (χ0) is 20.5. The van der Waals surface area contributed by atoms with Crippen LogP contribution in [0.3, 0.4) is 0 Å². The first kappa shape index (κ1) is 21.3. The molecule has 1 aliphatic rings. The molecule has 1 saturated heterocycles. The van der Waals surface area contributed by atoms with E-state index in [1.165, 1.54) is 5.56 Å². The number of piperazine rings is 1. The quantitative estimate of drug-likeness (QED) is 0.428. The van der Waals surface area contributed by atoms with Gasteiger partial charge in [-0.15, -0.1) is 0 Å². The number of hydrogen-bond donors (Lipinski definition) is 1. The third-order valence-electron chi connectivity index (χ3n) is 5.11. The maximum Gasteiger partial charge on any atom is 0.193 e. The normalized spacial score (nSPS) is 16.0. The number of nitrogens with zero attached hydrogens (tertiary/aromatic N) is 3. The molecule has 2 aromatic carbocycles. The number of hydrogen-bond acceptors (Lipinski definition) is 4. The lowest BCUT2D eigenvalue weighted by molar-refractivity contribution is 0.172. The van der Waals surface area contributed by atoms with Crippen molar-refractivity contribution in [2.45, 2.75) is 17.9 Å². The number of benzene rings is 2. The zero-order valence-corrected chi connectivity index (χ0v) is 17.8. The fraction of sp³-hybridized carbons (Fsp3) is 0.409. The summed E-state index contributed by atoms with van der Waals surface area (Å²) in [4.78, 5) is 9.46. The van der Waals surface area contributed by atoms with Crippen molar-refractivity contribution >= 4 is 15.8 Å². The van der Waals surface area contributed by atoms with E-state index in [9.17, 15) is 8.42 Å². The van der Waals surface area contributed by atoms with Crippen molar-refractivity contribution in [3.8, 4) is 0 Å². The summed E-state index contributed by atoms with van der Waals surface area (Å²) in [6, 6.07) is 19.2. The van der Waals surface area contributed by atoms with E-state index in [1.807, 2.05) is 12.1 Å². The van der Waals surface area contributed by atoms with Crippen LogP contribution < -0.4 is 5.32 Å². The Morgan fingerprint density at radius 1 is 0.966 bits per heavy atom. The van der Waals surface area contributed by atoms with E-state index in [0.29, 0.717) is 17.9 Å². The highest BCUT2D eigenvalue weighted by Crippen LogP contribution is 2.11. The minimum Gasteiger partial charge on any atom is -0.356 e. The third kappa shape index (κ3) is 6.30. The van der Waals surface area contributed by atoms with Crippen molar-refractivity contribution in [2.24, 2.45) is 4.99 Å². The van der Waals surface area contributed by atoms with E-state index >= 15 is 0 Å². The Labute approximate surface area is 174 Å². The smallest absolute Gasteiger partial charge is 0.193 e. The Morgan fingerprint density at radius 3 is 2.21 bits per heavy atom. The van der Waals surface area contributed by atoms with Gasteiger partial charge in [-0.3, -0.25) is 9.89 Å². The lowest BCUT2D eigenvalue weighted by Gasteiger charge is -2.36. The Morgan fingerprint density at radius 2 is 1.59 bits per heavy atom. The van der Waals surface area contributed by atoms with Crippen LogP contribution in [-0.4, -0.2) is 69.7 Å². The molecule has 0 aliphatic carbocycles. The van der Waals surface area contributed by atoms with Gasteiger partial charge in [-0.25, -0.2) is 8.42 Å². The van der Waals surface area contributed by atoms with Crippen LogP contribution in [0, 0.1) is 0 Å². The molecule has 7 heteroatoms. The van der Waals surface area contributed by atoms with Crippen molar-refractivity contribution in [3.63, 3.8) is 0 Å². The second kappa shape index (κ2) is 10.4. The molecule has 6 nitrogen and oxygen atoms in total. The molecule has 156 valence electrons. The Kier molecular flexibility index (Phi) is 7.66. The van der Waals surface area contributed by atoms with E-state index < -0.39 is 9.84 Å². The molecule has 0 saturated carbocycles. The summed E-state index contributed by atoms with van der Waals surface area (Å²) < 4.78 is 24.7. The van der Waals surface area contributed by atoms with Gasteiger partial charge in [-0.2, -0.15) is 0 Å². The second-order valence-corrected chi connectivity index (χ2v) is 9.32. The molecular formula is C22H30N4O2S. The summed E-state index contributed by atoms with van der Waals surface area (Å²) in [6.07, 6.45) is 0.546. The predicted octanol–water partition coefficient (Wildman–Crippen LogP) is 2.24. The molecule has 0 spiro atoms. The first-order valence-corrected chi connectivity index (χ1v) is 11.7. The summed E-state index contributed by atoms with van der Waals surface area (Å²) in [5.74, 6) is 0.979. The second-order valence-electron chi connectivity index (χ2n) is 7.21. The molecule has 0 unspecified atom stereocenters. The molecule has 29 heavy (non-hydrogen) atoms. The molecule has 2 aromatic rings. The van der Waals surface area contributed by atoms with Gasteiger partial charge < -0.3 is 10.2 Å². The topological polar surface area (TPSA) is 65.0 Å². The molecule has 1 N–H and O–H groups in total. The van der Waals surface area contributed by atoms with Crippen LogP contribution in [0.4, 0.5) is 0 Å². The highest BCUT2D eigenvalue weighted by atomic mass is 32.2. The fourth-order valence-electron chi connectivity index (χ4n) is 3.50. The Balaban J connectivity index is 1.41. The minimum atomic E-state index is -3.23. The van der Waals surface area contributed by atoms with Crippen molar-refractivity contribution in [3.05, 3.63) is 66.2 Å². The van der Waals surface area contributed by atoms with E-state index in [0.717, 1.165) is 38.7 Å². The van der Waals surface area contributed by atoms with E-state index in [2.05, 4.69) is 44.4 Å². The van der Waals surface area contributed by atoms with E-state index in [1.54, 1.807) is 31.3 Å². The molecular weight excluding hydrogens is 384 g/mol. The van der Waals surface area contributed by atoms with Crippen LogP contribution >= 0.6 is 0 Å². The zero-order valence-electron chi connectivity index (χ0n) is 17.0. The van der Waals surface area contributed by atoms with E-state index in [4.69, 9.17) is 0 Å². The Hall–Kier alpha value is -2.38. The predicted molar refractivity (Wildman–Crippen MR) is 118 cm³/mol. The van der Waals surface area contributed by atoms with Gasteiger partial charge in [-0.1, -0.05) is 48.5 Å². The van der Waals surface area contributed by atoms with Gasteiger partial charge in [0, 0.05) is 46.3 Å². The van der Waals surface area contributed by atoms with Crippen LogP contribution in [0.1, 0.15) is 12.0 Å². The molecule has 0 radical (unpaired) electrons.